The average Bonchev–Trinajstić information content (AvgIpc) is 3.27. The summed E-state index contributed by atoms with van der Waals surface area (Å²) in [4.78, 5) is 29.8. The first-order chi connectivity index (χ1) is 15.1. The highest BCUT2D eigenvalue weighted by Crippen LogP contribution is 2.18. The van der Waals surface area contributed by atoms with Crippen LogP contribution in [0.25, 0.3) is 0 Å². The first-order valence-corrected chi connectivity index (χ1v) is 10.1. The molecule has 0 fully saturated rings. The summed E-state index contributed by atoms with van der Waals surface area (Å²) < 4.78 is 1.71. The van der Waals surface area contributed by atoms with Gasteiger partial charge in [0.2, 0.25) is 0 Å². The molecule has 0 spiro atoms. The summed E-state index contributed by atoms with van der Waals surface area (Å²) in [7, 11) is 0. The van der Waals surface area contributed by atoms with Gasteiger partial charge in [0.1, 0.15) is 5.69 Å². The van der Waals surface area contributed by atoms with E-state index in [1.807, 2.05) is 43.3 Å². The summed E-state index contributed by atoms with van der Waals surface area (Å²) in [5.74, 6) is -0.497. The van der Waals surface area contributed by atoms with Crippen molar-refractivity contribution in [3.05, 3.63) is 113 Å². The van der Waals surface area contributed by atoms with Gasteiger partial charge in [0.05, 0.1) is 19.2 Å². The van der Waals surface area contributed by atoms with Crippen molar-refractivity contribution < 1.29 is 9.59 Å². The Labute approximate surface area is 180 Å². The molecule has 0 aliphatic heterocycles. The number of aryl methyl sites for hydroxylation is 1. The molecule has 4 rings (SSSR count). The fraction of sp³-hybridized carbons (Fsp3) is 0.160. The van der Waals surface area contributed by atoms with Gasteiger partial charge in [-0.25, -0.2) is 4.68 Å². The predicted octanol–water partition coefficient (Wildman–Crippen LogP) is 4.08. The molecule has 154 valence electrons. The van der Waals surface area contributed by atoms with E-state index in [9.17, 15) is 9.59 Å². The quantitative estimate of drug-likeness (QED) is 0.323. The molecule has 4 aromatic rings. The summed E-state index contributed by atoms with van der Waals surface area (Å²) in [6.07, 6.45) is 3.87. The summed E-state index contributed by atoms with van der Waals surface area (Å²) in [6, 6.07) is 21.1. The van der Waals surface area contributed by atoms with Crippen LogP contribution in [0.3, 0.4) is 0 Å². The van der Waals surface area contributed by atoms with E-state index in [0.717, 1.165) is 22.4 Å². The Kier molecular flexibility index (Phi) is 6.08. The summed E-state index contributed by atoms with van der Waals surface area (Å²) in [5, 5.41) is 7.86. The molecule has 6 nitrogen and oxygen atoms in total. The van der Waals surface area contributed by atoms with E-state index in [0.29, 0.717) is 24.2 Å². The lowest BCUT2D eigenvalue weighted by Gasteiger charge is -2.10. The normalized spacial score (nSPS) is 10.7. The van der Waals surface area contributed by atoms with Gasteiger partial charge in [0.15, 0.2) is 11.6 Å². The smallest absolute Gasteiger partial charge is 0.188 e. The molecule has 0 bridgehead atoms. The molecular weight excluding hydrogens is 388 g/mol. The standard InChI is InChI=1S/C25H22N4O2/c1-18-6-5-9-23(27-18)25(31)16-24(30)22-14-20(12-19-7-3-2-4-8-19)13-21(15-22)17-29-11-10-26-28-29/h2-11,13-15H,12,16-17H2,1H3. The molecule has 6 heteroatoms. The maximum atomic E-state index is 13.0. The molecular formula is C25H22N4O2. The maximum absolute atomic E-state index is 13.0. The highest BCUT2D eigenvalue weighted by atomic mass is 16.1. The number of pyridine rings is 1. The predicted molar refractivity (Wildman–Crippen MR) is 117 cm³/mol. The van der Waals surface area contributed by atoms with Crippen LogP contribution in [0.5, 0.6) is 0 Å². The van der Waals surface area contributed by atoms with Crippen molar-refractivity contribution >= 4 is 11.6 Å². The van der Waals surface area contributed by atoms with Crippen molar-refractivity contribution in [1.29, 1.82) is 0 Å². The molecule has 0 atom stereocenters. The van der Waals surface area contributed by atoms with Crippen LogP contribution in [0.15, 0.2) is 79.1 Å². The summed E-state index contributed by atoms with van der Waals surface area (Å²) >= 11 is 0. The summed E-state index contributed by atoms with van der Waals surface area (Å²) in [5.41, 5.74) is 4.68. The van der Waals surface area contributed by atoms with Crippen molar-refractivity contribution in [2.24, 2.45) is 0 Å². The number of hydrogen-bond acceptors (Lipinski definition) is 5. The lowest BCUT2D eigenvalue weighted by atomic mass is 9.96. The molecule has 0 saturated heterocycles. The molecule has 0 amide bonds. The average molecular weight is 410 g/mol. The molecule has 0 radical (unpaired) electrons. The van der Waals surface area contributed by atoms with Crippen molar-refractivity contribution in [2.75, 3.05) is 0 Å². The van der Waals surface area contributed by atoms with Gasteiger partial charge in [-0.2, -0.15) is 0 Å². The molecule has 0 aliphatic rings. The third-order valence-electron chi connectivity index (χ3n) is 4.94. The Morgan fingerprint density at radius 1 is 0.871 bits per heavy atom. The zero-order chi connectivity index (χ0) is 21.6. The zero-order valence-corrected chi connectivity index (χ0v) is 17.2. The number of carbonyl (C=O) groups excluding carboxylic acids is 2. The topological polar surface area (TPSA) is 77.7 Å². The van der Waals surface area contributed by atoms with Crippen LogP contribution in [0.1, 0.15) is 49.7 Å². The fourth-order valence-electron chi connectivity index (χ4n) is 3.49. The largest absolute Gasteiger partial charge is 0.294 e. The van der Waals surface area contributed by atoms with Crippen molar-refractivity contribution in [1.82, 2.24) is 20.0 Å². The van der Waals surface area contributed by atoms with Crippen LogP contribution in [0, 0.1) is 6.92 Å². The highest BCUT2D eigenvalue weighted by Gasteiger charge is 2.16. The SMILES string of the molecule is Cc1cccc(C(=O)CC(=O)c2cc(Cc3ccccc3)cc(Cn3ccnn3)c2)n1. The lowest BCUT2D eigenvalue weighted by Crippen LogP contribution is -2.12. The van der Waals surface area contributed by atoms with Gasteiger partial charge in [-0.05, 0) is 54.3 Å². The minimum absolute atomic E-state index is 0.214. The Morgan fingerprint density at radius 3 is 2.42 bits per heavy atom. The van der Waals surface area contributed by atoms with Crippen LogP contribution in [0.4, 0.5) is 0 Å². The van der Waals surface area contributed by atoms with Gasteiger partial charge in [-0.3, -0.25) is 14.6 Å². The van der Waals surface area contributed by atoms with Crippen LogP contribution in [-0.4, -0.2) is 31.5 Å². The van der Waals surface area contributed by atoms with Crippen LogP contribution >= 0.6 is 0 Å². The molecule has 2 heterocycles. The Balaban J connectivity index is 1.60. The molecule has 0 unspecified atom stereocenters. The lowest BCUT2D eigenvalue weighted by molar-refractivity contribution is 0.0891. The Hall–Kier alpha value is -3.93. The monoisotopic (exact) mass is 410 g/mol. The van der Waals surface area contributed by atoms with E-state index in [2.05, 4.69) is 33.5 Å². The second-order valence-corrected chi connectivity index (χ2v) is 7.49. The van der Waals surface area contributed by atoms with Gasteiger partial charge in [-0.15, -0.1) is 5.10 Å². The third kappa shape index (κ3) is 5.36. The molecule has 31 heavy (non-hydrogen) atoms. The van der Waals surface area contributed by atoms with Gasteiger partial charge < -0.3 is 0 Å². The van der Waals surface area contributed by atoms with E-state index in [1.165, 1.54) is 0 Å². The number of carbonyl (C=O) groups is 2. The van der Waals surface area contributed by atoms with Crippen LogP contribution in [-0.2, 0) is 13.0 Å². The first kappa shape index (κ1) is 20.3. The molecule has 2 aromatic heterocycles. The van der Waals surface area contributed by atoms with E-state index in [4.69, 9.17) is 0 Å². The van der Waals surface area contributed by atoms with E-state index in [1.54, 1.807) is 29.2 Å². The minimum Gasteiger partial charge on any atom is -0.294 e. The van der Waals surface area contributed by atoms with Crippen molar-refractivity contribution in [3.63, 3.8) is 0 Å². The van der Waals surface area contributed by atoms with Crippen LogP contribution < -0.4 is 0 Å². The second-order valence-electron chi connectivity index (χ2n) is 7.49. The van der Waals surface area contributed by atoms with E-state index < -0.39 is 0 Å². The molecule has 0 aliphatic carbocycles. The maximum Gasteiger partial charge on any atom is 0.188 e. The van der Waals surface area contributed by atoms with Gasteiger partial charge in [0.25, 0.3) is 0 Å². The number of nitrogens with zero attached hydrogens (tertiary/aromatic N) is 4. The number of ketones is 2. The van der Waals surface area contributed by atoms with Gasteiger partial charge >= 0.3 is 0 Å². The number of aromatic nitrogens is 4. The number of rotatable bonds is 8. The number of benzene rings is 2. The molecule has 0 saturated carbocycles. The molecule has 0 N–H and O–H groups in total. The van der Waals surface area contributed by atoms with Crippen LogP contribution in [0.2, 0.25) is 0 Å². The highest BCUT2D eigenvalue weighted by molar-refractivity contribution is 6.13. The third-order valence-corrected chi connectivity index (χ3v) is 4.94. The van der Waals surface area contributed by atoms with E-state index >= 15 is 0 Å². The van der Waals surface area contributed by atoms with E-state index in [-0.39, 0.29) is 18.0 Å². The minimum atomic E-state index is -0.278. The second kappa shape index (κ2) is 9.26. The van der Waals surface area contributed by atoms with Gasteiger partial charge in [0, 0.05) is 17.5 Å². The Bertz CT molecular complexity index is 1200. The first-order valence-electron chi connectivity index (χ1n) is 10.1. The Morgan fingerprint density at radius 2 is 1.68 bits per heavy atom. The van der Waals surface area contributed by atoms with Crippen molar-refractivity contribution in [3.8, 4) is 0 Å². The molecule has 2 aromatic carbocycles. The fourth-order valence-corrected chi connectivity index (χ4v) is 3.49. The van der Waals surface area contributed by atoms with Crippen molar-refractivity contribution in [2.45, 2.75) is 26.3 Å². The zero-order valence-electron chi connectivity index (χ0n) is 17.2. The number of Topliss-reactive ketones (excluding diaryl/α,β-unsaturated/α-hetero) is 2. The summed E-state index contributed by atoms with van der Waals surface area (Å²) in [6.45, 7) is 2.32. The van der Waals surface area contributed by atoms with Gasteiger partial charge in [-0.1, -0.05) is 47.7 Å². The number of hydrogen-bond donors (Lipinski definition) is 0.